The van der Waals surface area contributed by atoms with Gasteiger partial charge in [-0.25, -0.2) is 4.39 Å². The molecule has 1 aliphatic rings. The standard InChI is InChI=1S/C11H13BrFN.ClH/c12-8-4-5-9(10(13)7-8)11-3-1-2-6-14-11;/h4-5,7,11,14H,1-3,6H2;1H/t11-;/m1./s1. The van der Waals surface area contributed by atoms with E-state index in [4.69, 9.17) is 0 Å². The van der Waals surface area contributed by atoms with E-state index in [0.717, 1.165) is 23.0 Å². The van der Waals surface area contributed by atoms with Gasteiger partial charge in [-0.2, -0.15) is 0 Å². The Kier molecular flexibility index (Phi) is 5.03. The molecule has 1 nitrogen and oxygen atoms in total. The van der Waals surface area contributed by atoms with Crippen LogP contribution in [0.4, 0.5) is 4.39 Å². The summed E-state index contributed by atoms with van der Waals surface area (Å²) in [7, 11) is 0. The molecule has 2 rings (SSSR count). The highest BCUT2D eigenvalue weighted by Gasteiger charge is 2.17. The van der Waals surface area contributed by atoms with E-state index in [1.165, 1.54) is 18.9 Å². The lowest BCUT2D eigenvalue weighted by atomic mass is 9.97. The van der Waals surface area contributed by atoms with Crippen molar-refractivity contribution in [1.29, 1.82) is 0 Å². The third-order valence-corrected chi connectivity index (χ3v) is 3.14. The van der Waals surface area contributed by atoms with Crippen molar-refractivity contribution in [1.82, 2.24) is 5.32 Å². The largest absolute Gasteiger partial charge is 0.310 e. The lowest BCUT2D eigenvalue weighted by Crippen LogP contribution is -2.27. The van der Waals surface area contributed by atoms with E-state index in [1.54, 1.807) is 0 Å². The second kappa shape index (κ2) is 5.83. The van der Waals surface area contributed by atoms with E-state index >= 15 is 0 Å². The Hall–Kier alpha value is -0.120. The third-order valence-electron chi connectivity index (χ3n) is 2.65. The number of piperidine rings is 1. The first-order valence-electron chi connectivity index (χ1n) is 4.96. The van der Waals surface area contributed by atoms with Crippen LogP contribution in [0.5, 0.6) is 0 Å². The molecule has 0 unspecified atom stereocenters. The van der Waals surface area contributed by atoms with Gasteiger partial charge in [0.05, 0.1) is 0 Å². The molecule has 1 atom stereocenters. The summed E-state index contributed by atoms with van der Waals surface area (Å²) in [5.74, 6) is -0.112. The number of halogens is 3. The van der Waals surface area contributed by atoms with Crippen molar-refractivity contribution in [3.63, 3.8) is 0 Å². The molecule has 1 N–H and O–H groups in total. The Morgan fingerprint density at radius 1 is 1.33 bits per heavy atom. The van der Waals surface area contributed by atoms with Crippen LogP contribution >= 0.6 is 28.3 Å². The van der Waals surface area contributed by atoms with Gasteiger partial charge in [0.1, 0.15) is 5.82 Å². The van der Waals surface area contributed by atoms with Gasteiger partial charge >= 0.3 is 0 Å². The molecule has 0 amide bonds. The molecule has 1 aliphatic heterocycles. The van der Waals surface area contributed by atoms with Gasteiger partial charge in [-0.15, -0.1) is 12.4 Å². The topological polar surface area (TPSA) is 12.0 Å². The second-order valence-corrected chi connectivity index (χ2v) is 4.58. The van der Waals surface area contributed by atoms with Crippen molar-refractivity contribution in [2.45, 2.75) is 25.3 Å². The molecule has 1 saturated heterocycles. The van der Waals surface area contributed by atoms with Crippen LogP contribution in [0.1, 0.15) is 30.9 Å². The monoisotopic (exact) mass is 293 g/mol. The van der Waals surface area contributed by atoms with Gasteiger partial charge in [0, 0.05) is 16.1 Å². The number of benzene rings is 1. The van der Waals surface area contributed by atoms with Crippen molar-refractivity contribution >= 4 is 28.3 Å². The molecule has 0 aliphatic carbocycles. The molecule has 0 bridgehead atoms. The Morgan fingerprint density at radius 3 is 2.73 bits per heavy atom. The highest BCUT2D eigenvalue weighted by Crippen LogP contribution is 2.26. The van der Waals surface area contributed by atoms with Crippen molar-refractivity contribution < 1.29 is 4.39 Å². The summed E-state index contributed by atoms with van der Waals surface area (Å²) in [5.41, 5.74) is 0.799. The zero-order valence-electron chi connectivity index (χ0n) is 8.30. The minimum absolute atomic E-state index is 0. The van der Waals surface area contributed by atoms with Crippen LogP contribution in [0.3, 0.4) is 0 Å². The summed E-state index contributed by atoms with van der Waals surface area (Å²) < 4.78 is 14.4. The number of rotatable bonds is 1. The smallest absolute Gasteiger partial charge is 0.129 e. The molecule has 0 aromatic heterocycles. The fourth-order valence-corrected chi connectivity index (χ4v) is 2.23. The second-order valence-electron chi connectivity index (χ2n) is 3.67. The van der Waals surface area contributed by atoms with Gasteiger partial charge in [0.15, 0.2) is 0 Å². The fraction of sp³-hybridized carbons (Fsp3) is 0.455. The number of hydrogen-bond acceptors (Lipinski definition) is 1. The van der Waals surface area contributed by atoms with E-state index in [-0.39, 0.29) is 24.3 Å². The summed E-state index contributed by atoms with van der Waals surface area (Å²) in [6, 6.07) is 5.50. The van der Waals surface area contributed by atoms with E-state index in [1.807, 2.05) is 12.1 Å². The summed E-state index contributed by atoms with van der Waals surface area (Å²) in [6.45, 7) is 1.00. The van der Waals surface area contributed by atoms with E-state index in [0.29, 0.717) is 0 Å². The van der Waals surface area contributed by atoms with Gasteiger partial charge in [-0.05, 0) is 31.5 Å². The molecule has 0 radical (unpaired) electrons. The fourth-order valence-electron chi connectivity index (χ4n) is 1.90. The minimum Gasteiger partial charge on any atom is -0.310 e. The first-order chi connectivity index (χ1) is 6.77. The lowest BCUT2D eigenvalue weighted by Gasteiger charge is -2.24. The first kappa shape index (κ1) is 12.9. The molecular weight excluding hydrogens is 280 g/mol. The molecule has 1 fully saturated rings. The number of hydrogen-bond donors (Lipinski definition) is 1. The third kappa shape index (κ3) is 3.16. The van der Waals surface area contributed by atoms with Crippen LogP contribution in [0.15, 0.2) is 22.7 Å². The Balaban J connectivity index is 0.00000112. The summed E-state index contributed by atoms with van der Waals surface area (Å²) in [4.78, 5) is 0. The average molecular weight is 295 g/mol. The van der Waals surface area contributed by atoms with Crippen LogP contribution < -0.4 is 5.32 Å². The summed E-state index contributed by atoms with van der Waals surface area (Å²) in [5, 5.41) is 3.34. The van der Waals surface area contributed by atoms with Crippen LogP contribution in [0.2, 0.25) is 0 Å². The van der Waals surface area contributed by atoms with Gasteiger partial charge in [-0.1, -0.05) is 28.4 Å². The maximum atomic E-state index is 13.6. The first-order valence-corrected chi connectivity index (χ1v) is 5.75. The Labute approximate surface area is 104 Å². The summed E-state index contributed by atoms with van der Waals surface area (Å²) in [6.07, 6.45) is 3.43. The predicted molar refractivity (Wildman–Crippen MR) is 65.9 cm³/mol. The van der Waals surface area contributed by atoms with Gasteiger partial charge in [0.25, 0.3) is 0 Å². The molecular formula is C11H14BrClFN. The van der Waals surface area contributed by atoms with Crippen molar-refractivity contribution in [3.05, 3.63) is 34.1 Å². The minimum atomic E-state index is -0.112. The average Bonchev–Trinajstić information content (AvgIpc) is 2.19. The van der Waals surface area contributed by atoms with Crippen LogP contribution in [-0.4, -0.2) is 6.54 Å². The highest BCUT2D eigenvalue weighted by atomic mass is 79.9. The highest BCUT2D eigenvalue weighted by molar-refractivity contribution is 9.10. The van der Waals surface area contributed by atoms with Crippen LogP contribution in [0, 0.1) is 5.82 Å². The van der Waals surface area contributed by atoms with Crippen molar-refractivity contribution in [3.8, 4) is 0 Å². The molecule has 1 aromatic carbocycles. The maximum absolute atomic E-state index is 13.6. The molecule has 0 saturated carbocycles. The van der Waals surface area contributed by atoms with E-state index in [2.05, 4.69) is 21.2 Å². The maximum Gasteiger partial charge on any atom is 0.129 e. The zero-order chi connectivity index (χ0) is 9.97. The Bertz CT molecular complexity index is 326. The van der Waals surface area contributed by atoms with E-state index < -0.39 is 0 Å². The molecule has 4 heteroatoms. The number of nitrogens with one attached hydrogen (secondary N) is 1. The summed E-state index contributed by atoms with van der Waals surface area (Å²) >= 11 is 3.26. The van der Waals surface area contributed by atoms with E-state index in [9.17, 15) is 4.39 Å². The lowest BCUT2D eigenvalue weighted by molar-refractivity contribution is 0.400. The Morgan fingerprint density at radius 2 is 2.13 bits per heavy atom. The van der Waals surface area contributed by atoms with Crippen LogP contribution in [-0.2, 0) is 0 Å². The normalized spacial score (nSPS) is 20.8. The van der Waals surface area contributed by atoms with Gasteiger partial charge in [0.2, 0.25) is 0 Å². The molecule has 0 spiro atoms. The van der Waals surface area contributed by atoms with Gasteiger partial charge < -0.3 is 5.32 Å². The molecule has 84 valence electrons. The molecule has 1 heterocycles. The van der Waals surface area contributed by atoms with Crippen molar-refractivity contribution in [2.75, 3.05) is 6.54 Å². The quantitative estimate of drug-likeness (QED) is 0.830. The van der Waals surface area contributed by atoms with Gasteiger partial charge in [-0.3, -0.25) is 0 Å². The zero-order valence-corrected chi connectivity index (χ0v) is 10.7. The van der Waals surface area contributed by atoms with Crippen molar-refractivity contribution in [2.24, 2.45) is 0 Å². The van der Waals surface area contributed by atoms with Crippen LogP contribution in [0.25, 0.3) is 0 Å². The molecule has 1 aromatic rings. The predicted octanol–water partition coefficient (Wildman–Crippen LogP) is 3.82. The SMILES string of the molecule is Cl.Fc1cc(Br)ccc1[C@H]1CCCCN1. The molecule has 15 heavy (non-hydrogen) atoms.